The van der Waals surface area contributed by atoms with E-state index >= 15 is 0 Å². The third-order valence-electron chi connectivity index (χ3n) is 4.58. The van der Waals surface area contributed by atoms with E-state index < -0.39 is 5.92 Å². The van der Waals surface area contributed by atoms with Crippen molar-refractivity contribution >= 4 is 40.8 Å². The number of hydrazone groups is 1. The number of nitrogens with zero attached hydrogens (tertiary/aromatic N) is 4. The van der Waals surface area contributed by atoms with Crippen molar-refractivity contribution in [3.63, 3.8) is 0 Å². The van der Waals surface area contributed by atoms with Crippen molar-refractivity contribution in [1.29, 1.82) is 0 Å². The van der Waals surface area contributed by atoms with Gasteiger partial charge in [0.25, 0.3) is 5.91 Å². The van der Waals surface area contributed by atoms with Gasteiger partial charge in [-0.15, -0.1) is 10.2 Å². The van der Waals surface area contributed by atoms with Crippen LogP contribution in [0.25, 0.3) is 5.69 Å². The van der Waals surface area contributed by atoms with Crippen LogP contribution in [0, 0.1) is 0 Å². The number of ketones is 1. The number of para-hydroxylation sites is 1. The Morgan fingerprint density at radius 2 is 1.90 bits per heavy atom. The number of benzene rings is 2. The van der Waals surface area contributed by atoms with Crippen LogP contribution < -0.4 is 5.43 Å². The first kappa shape index (κ1) is 20.3. The van der Waals surface area contributed by atoms with E-state index in [1.165, 1.54) is 18.7 Å². The highest BCUT2D eigenvalue weighted by atomic mass is 35.5. The maximum atomic E-state index is 12.7. The molecule has 1 amide bonds. The number of carbonyl (C=O) groups excluding carboxylic acids is 2. The van der Waals surface area contributed by atoms with Crippen LogP contribution in [0.5, 0.6) is 0 Å². The highest BCUT2D eigenvalue weighted by Gasteiger charge is 2.33. The Balaban J connectivity index is 1.72. The van der Waals surface area contributed by atoms with Crippen LogP contribution >= 0.6 is 23.4 Å². The van der Waals surface area contributed by atoms with E-state index in [1.807, 2.05) is 47.0 Å². The Hall–Kier alpha value is -2.97. The van der Waals surface area contributed by atoms with Crippen LogP contribution in [-0.2, 0) is 9.59 Å². The second-order valence-electron chi connectivity index (χ2n) is 6.80. The number of carbonyl (C=O) groups is 2. The molecule has 4 rings (SSSR count). The third-order valence-corrected chi connectivity index (χ3v) is 5.91. The Bertz CT molecular complexity index is 1110. The molecule has 1 aliphatic heterocycles. The minimum absolute atomic E-state index is 0.0386. The summed E-state index contributed by atoms with van der Waals surface area (Å²) in [5.41, 5.74) is 5.04. The number of Topliss-reactive ketones (excluding diaryl/α,β-unsaturated/α-hetero) is 1. The Labute approximate surface area is 182 Å². The number of hydrogen-bond donors (Lipinski definition) is 1. The summed E-state index contributed by atoms with van der Waals surface area (Å²) in [5.74, 6) is -0.00455. The smallest absolute Gasteiger partial charge is 0.251 e. The standard InChI is InChI=1S/C21H18ClN5O2S/c1-13(28)12-30-21-26-24-19(27(21)16-5-3-2-4-6-16)17-11-18(23-25-20(17)29)14-7-9-15(22)10-8-14/h2-10,17H,11-12H2,1H3,(H,25,29). The van der Waals surface area contributed by atoms with Crippen molar-refractivity contribution in [2.75, 3.05) is 5.75 Å². The Morgan fingerprint density at radius 3 is 2.60 bits per heavy atom. The van der Waals surface area contributed by atoms with Gasteiger partial charge in [-0.1, -0.05) is 53.7 Å². The maximum absolute atomic E-state index is 12.7. The van der Waals surface area contributed by atoms with Crippen molar-refractivity contribution in [1.82, 2.24) is 20.2 Å². The second kappa shape index (κ2) is 8.81. The molecule has 1 aromatic heterocycles. The first-order valence-electron chi connectivity index (χ1n) is 9.28. The zero-order chi connectivity index (χ0) is 21.1. The average molecular weight is 440 g/mol. The number of nitrogens with one attached hydrogen (secondary N) is 1. The summed E-state index contributed by atoms with van der Waals surface area (Å²) < 4.78 is 1.84. The number of aromatic nitrogens is 3. The van der Waals surface area contributed by atoms with Crippen LogP contribution in [0.4, 0.5) is 0 Å². The van der Waals surface area contributed by atoms with Crippen LogP contribution in [0.1, 0.15) is 30.7 Å². The molecule has 2 aromatic carbocycles. The van der Waals surface area contributed by atoms with Crippen LogP contribution in [0.15, 0.2) is 64.9 Å². The SMILES string of the molecule is CC(=O)CSc1nnc(C2CC(c3ccc(Cl)cc3)=NNC2=O)n1-c1ccccc1. The van der Waals surface area contributed by atoms with Gasteiger partial charge >= 0.3 is 0 Å². The highest BCUT2D eigenvalue weighted by Crippen LogP contribution is 2.30. The minimum atomic E-state index is -0.576. The van der Waals surface area contributed by atoms with Gasteiger partial charge in [0.2, 0.25) is 0 Å². The summed E-state index contributed by atoms with van der Waals surface area (Å²) in [6.45, 7) is 1.53. The number of halogens is 1. The number of hydrogen-bond acceptors (Lipinski definition) is 6. The molecule has 0 bridgehead atoms. The fourth-order valence-electron chi connectivity index (χ4n) is 3.15. The van der Waals surface area contributed by atoms with E-state index in [2.05, 4.69) is 20.7 Å². The Morgan fingerprint density at radius 1 is 1.17 bits per heavy atom. The second-order valence-corrected chi connectivity index (χ2v) is 8.18. The minimum Gasteiger partial charge on any atom is -0.299 e. The van der Waals surface area contributed by atoms with Gasteiger partial charge in [-0.3, -0.25) is 14.2 Å². The molecule has 0 spiro atoms. The normalized spacial score (nSPS) is 16.1. The highest BCUT2D eigenvalue weighted by molar-refractivity contribution is 7.99. The van der Waals surface area contributed by atoms with Gasteiger partial charge in [-0.2, -0.15) is 5.10 Å². The topological polar surface area (TPSA) is 89.2 Å². The van der Waals surface area contributed by atoms with Gasteiger partial charge in [0.1, 0.15) is 11.7 Å². The van der Waals surface area contributed by atoms with Gasteiger partial charge in [0.05, 0.1) is 11.5 Å². The van der Waals surface area contributed by atoms with Gasteiger partial charge in [0.15, 0.2) is 11.0 Å². The van der Waals surface area contributed by atoms with Gasteiger partial charge < -0.3 is 0 Å². The molecular weight excluding hydrogens is 422 g/mol. The molecule has 1 aliphatic rings. The van der Waals surface area contributed by atoms with Crippen molar-refractivity contribution in [3.8, 4) is 5.69 Å². The zero-order valence-corrected chi connectivity index (χ0v) is 17.7. The van der Waals surface area contributed by atoms with E-state index in [-0.39, 0.29) is 17.4 Å². The number of amides is 1. The molecule has 1 unspecified atom stereocenters. The molecule has 0 fully saturated rings. The van der Waals surface area contributed by atoms with E-state index in [1.54, 1.807) is 12.1 Å². The number of thioether (sulfide) groups is 1. The lowest BCUT2D eigenvalue weighted by Crippen LogP contribution is -2.34. The fraction of sp³-hybridized carbons (Fsp3) is 0.190. The average Bonchev–Trinajstić information content (AvgIpc) is 3.17. The molecule has 30 heavy (non-hydrogen) atoms. The molecule has 0 saturated carbocycles. The molecule has 9 heteroatoms. The summed E-state index contributed by atoms with van der Waals surface area (Å²) in [6.07, 6.45) is 0.371. The molecule has 2 heterocycles. The van der Waals surface area contributed by atoms with Gasteiger partial charge in [-0.25, -0.2) is 5.43 Å². The number of rotatable bonds is 6. The largest absolute Gasteiger partial charge is 0.299 e. The van der Waals surface area contributed by atoms with E-state index in [0.29, 0.717) is 22.4 Å². The van der Waals surface area contributed by atoms with Crippen LogP contribution in [0.3, 0.4) is 0 Å². The molecule has 0 aliphatic carbocycles. The van der Waals surface area contributed by atoms with Crippen LogP contribution in [-0.4, -0.2) is 37.9 Å². The summed E-state index contributed by atoms with van der Waals surface area (Å²) in [5, 5.41) is 14.0. The lowest BCUT2D eigenvalue weighted by atomic mass is 9.94. The summed E-state index contributed by atoms with van der Waals surface area (Å²) in [6, 6.07) is 16.9. The summed E-state index contributed by atoms with van der Waals surface area (Å²) in [4.78, 5) is 24.2. The zero-order valence-electron chi connectivity index (χ0n) is 16.1. The maximum Gasteiger partial charge on any atom is 0.251 e. The van der Waals surface area contributed by atoms with Gasteiger partial charge in [-0.05, 0) is 36.8 Å². The Kier molecular flexibility index (Phi) is 5.96. The lowest BCUT2D eigenvalue weighted by Gasteiger charge is -2.22. The molecule has 7 nitrogen and oxygen atoms in total. The molecule has 0 saturated heterocycles. The van der Waals surface area contributed by atoms with Gasteiger partial charge in [0, 0.05) is 17.1 Å². The van der Waals surface area contributed by atoms with Crippen molar-refractivity contribution in [3.05, 3.63) is 71.0 Å². The molecular formula is C21H18ClN5O2S. The van der Waals surface area contributed by atoms with E-state index in [4.69, 9.17) is 11.6 Å². The monoisotopic (exact) mass is 439 g/mol. The molecule has 3 aromatic rings. The summed E-state index contributed by atoms with van der Waals surface area (Å²) >= 11 is 7.28. The first-order chi connectivity index (χ1) is 14.5. The van der Waals surface area contributed by atoms with Crippen molar-refractivity contribution in [2.24, 2.45) is 5.10 Å². The molecule has 152 valence electrons. The molecule has 1 N–H and O–H groups in total. The fourth-order valence-corrected chi connectivity index (χ4v) is 4.04. The molecule has 0 radical (unpaired) electrons. The third kappa shape index (κ3) is 4.29. The molecule has 1 atom stereocenters. The summed E-state index contributed by atoms with van der Waals surface area (Å²) in [7, 11) is 0. The first-order valence-corrected chi connectivity index (χ1v) is 10.6. The van der Waals surface area contributed by atoms with Crippen LogP contribution in [0.2, 0.25) is 5.02 Å². The van der Waals surface area contributed by atoms with Crippen molar-refractivity contribution in [2.45, 2.75) is 24.4 Å². The predicted molar refractivity (Wildman–Crippen MR) is 116 cm³/mol. The lowest BCUT2D eigenvalue weighted by molar-refractivity contribution is -0.123. The van der Waals surface area contributed by atoms with E-state index in [0.717, 1.165) is 17.0 Å². The van der Waals surface area contributed by atoms with Crippen molar-refractivity contribution < 1.29 is 9.59 Å². The quantitative estimate of drug-likeness (QED) is 0.592. The predicted octanol–water partition coefficient (Wildman–Crippen LogP) is 3.61. The van der Waals surface area contributed by atoms with E-state index in [9.17, 15) is 9.59 Å².